The summed E-state index contributed by atoms with van der Waals surface area (Å²) in [6.07, 6.45) is 4.35. The number of anilines is 1. The summed E-state index contributed by atoms with van der Waals surface area (Å²) in [6.45, 7) is 0.220. The first-order chi connectivity index (χ1) is 9.13. The molecule has 0 radical (unpaired) electrons. The van der Waals surface area contributed by atoms with Crippen LogP contribution in [0.3, 0.4) is 0 Å². The highest BCUT2D eigenvalue weighted by atomic mass is 16.1. The van der Waals surface area contributed by atoms with Gasteiger partial charge in [-0.25, -0.2) is 4.98 Å². The highest BCUT2D eigenvalue weighted by molar-refractivity contribution is 6.35. The number of carbonyl (C=O) groups is 1. The maximum Gasteiger partial charge on any atom is 0.239 e. The van der Waals surface area contributed by atoms with Crippen molar-refractivity contribution in [1.82, 2.24) is 14.7 Å². The van der Waals surface area contributed by atoms with Crippen molar-refractivity contribution in [3.8, 4) is 0 Å². The number of hydrogen-bond acceptors (Lipinski definition) is 5. The minimum Gasteiger partial charge on any atom is -0.311 e. The molecule has 1 amide bonds. The van der Waals surface area contributed by atoms with Crippen molar-refractivity contribution in [2.75, 3.05) is 18.9 Å². The van der Waals surface area contributed by atoms with Gasteiger partial charge in [-0.1, -0.05) is 0 Å². The molecule has 0 unspecified atom stereocenters. The van der Waals surface area contributed by atoms with Crippen molar-refractivity contribution in [3.63, 3.8) is 0 Å². The zero-order valence-electron chi connectivity index (χ0n) is 10.4. The molecule has 0 bridgehead atoms. The van der Waals surface area contributed by atoms with Crippen LogP contribution in [0, 0.1) is 10.8 Å². The van der Waals surface area contributed by atoms with Gasteiger partial charge < -0.3 is 20.4 Å². The summed E-state index contributed by atoms with van der Waals surface area (Å²) in [5.41, 5.74) is 1.41. The Labute approximate surface area is 109 Å². The standard InChI is InChI=1S/C12H14N6O/c1-15-5-12(19)17-10-7-18-6-8(9(14)4-13)2-3-11(18)16-10/h2-4,6-7,13-15H,5H2,1H3,(H,17,19). The number of amides is 1. The van der Waals surface area contributed by atoms with Crippen molar-refractivity contribution in [2.45, 2.75) is 0 Å². The highest BCUT2D eigenvalue weighted by Gasteiger charge is 2.06. The van der Waals surface area contributed by atoms with E-state index in [0.717, 1.165) is 6.21 Å². The minimum absolute atomic E-state index is 0.122. The number of imidazole rings is 1. The zero-order valence-corrected chi connectivity index (χ0v) is 10.4. The van der Waals surface area contributed by atoms with Gasteiger partial charge in [0.2, 0.25) is 5.91 Å². The average Bonchev–Trinajstić information content (AvgIpc) is 2.78. The molecule has 19 heavy (non-hydrogen) atoms. The average molecular weight is 258 g/mol. The molecule has 2 heterocycles. The number of fused-ring (bicyclic) bond motifs is 1. The Morgan fingerprint density at radius 2 is 2.26 bits per heavy atom. The number of pyridine rings is 1. The topological polar surface area (TPSA) is 106 Å². The van der Waals surface area contributed by atoms with Crippen molar-refractivity contribution >= 4 is 29.3 Å². The normalized spacial score (nSPS) is 10.4. The summed E-state index contributed by atoms with van der Waals surface area (Å²) >= 11 is 0. The van der Waals surface area contributed by atoms with Gasteiger partial charge in [0.1, 0.15) is 5.65 Å². The van der Waals surface area contributed by atoms with Gasteiger partial charge in [0, 0.05) is 18.0 Å². The largest absolute Gasteiger partial charge is 0.311 e. The van der Waals surface area contributed by atoms with Crippen LogP contribution in [0.2, 0.25) is 0 Å². The Morgan fingerprint density at radius 3 is 2.95 bits per heavy atom. The van der Waals surface area contributed by atoms with E-state index in [4.69, 9.17) is 10.8 Å². The third-order valence-corrected chi connectivity index (χ3v) is 2.51. The first kappa shape index (κ1) is 12.9. The summed E-state index contributed by atoms with van der Waals surface area (Å²) in [4.78, 5) is 15.7. The Hall–Kier alpha value is -2.54. The van der Waals surface area contributed by atoms with Gasteiger partial charge in [0.05, 0.1) is 18.5 Å². The van der Waals surface area contributed by atoms with Crippen LogP contribution in [-0.4, -0.2) is 40.8 Å². The molecule has 2 rings (SSSR count). The molecule has 2 aromatic rings. The molecule has 7 heteroatoms. The van der Waals surface area contributed by atoms with Crippen LogP contribution < -0.4 is 10.6 Å². The highest BCUT2D eigenvalue weighted by Crippen LogP contribution is 2.11. The summed E-state index contributed by atoms with van der Waals surface area (Å²) in [5, 5.41) is 20.0. The van der Waals surface area contributed by atoms with E-state index < -0.39 is 0 Å². The zero-order chi connectivity index (χ0) is 13.8. The number of likely N-dealkylation sites (N-methyl/N-ethyl adjacent to an activating group) is 1. The van der Waals surface area contributed by atoms with Crippen LogP contribution >= 0.6 is 0 Å². The fourth-order valence-electron chi connectivity index (χ4n) is 1.64. The summed E-state index contributed by atoms with van der Waals surface area (Å²) in [7, 11) is 1.69. The lowest BCUT2D eigenvalue weighted by atomic mass is 10.2. The van der Waals surface area contributed by atoms with E-state index in [0.29, 0.717) is 17.0 Å². The third-order valence-electron chi connectivity index (χ3n) is 2.51. The van der Waals surface area contributed by atoms with Crippen LogP contribution in [0.1, 0.15) is 5.56 Å². The number of hydrogen-bond donors (Lipinski definition) is 4. The first-order valence-electron chi connectivity index (χ1n) is 5.66. The first-order valence-corrected chi connectivity index (χ1v) is 5.66. The van der Waals surface area contributed by atoms with E-state index in [1.165, 1.54) is 0 Å². The van der Waals surface area contributed by atoms with E-state index >= 15 is 0 Å². The van der Waals surface area contributed by atoms with E-state index in [2.05, 4.69) is 15.6 Å². The van der Waals surface area contributed by atoms with E-state index in [9.17, 15) is 4.79 Å². The predicted octanol–water partition coefficient (Wildman–Crippen LogP) is 0.510. The third kappa shape index (κ3) is 2.83. The van der Waals surface area contributed by atoms with Crippen LogP contribution in [0.15, 0.2) is 24.5 Å². The Kier molecular flexibility index (Phi) is 3.67. The fourth-order valence-corrected chi connectivity index (χ4v) is 1.64. The van der Waals surface area contributed by atoms with E-state index in [1.54, 1.807) is 36.0 Å². The number of nitrogens with zero attached hydrogens (tertiary/aromatic N) is 2. The molecular formula is C12H14N6O. The molecular weight excluding hydrogens is 244 g/mol. The van der Waals surface area contributed by atoms with Crippen molar-refractivity contribution < 1.29 is 4.79 Å². The van der Waals surface area contributed by atoms with Crippen LogP contribution in [0.4, 0.5) is 5.82 Å². The maximum atomic E-state index is 11.4. The van der Waals surface area contributed by atoms with Crippen molar-refractivity contribution in [3.05, 3.63) is 30.1 Å². The molecule has 0 spiro atoms. The summed E-state index contributed by atoms with van der Waals surface area (Å²) in [5.74, 6) is 0.289. The lowest BCUT2D eigenvalue weighted by Gasteiger charge is -1.99. The molecule has 0 fully saturated rings. The fraction of sp³-hybridized carbons (Fsp3) is 0.167. The lowest BCUT2D eigenvalue weighted by Crippen LogP contribution is -2.25. The predicted molar refractivity (Wildman–Crippen MR) is 73.4 cm³/mol. The van der Waals surface area contributed by atoms with Gasteiger partial charge in [0.15, 0.2) is 5.82 Å². The number of carbonyl (C=O) groups excluding carboxylic acids is 1. The molecule has 0 saturated heterocycles. The molecule has 4 N–H and O–H groups in total. The molecule has 0 atom stereocenters. The molecule has 98 valence electrons. The molecule has 2 aromatic heterocycles. The summed E-state index contributed by atoms with van der Waals surface area (Å²) < 4.78 is 1.71. The van der Waals surface area contributed by atoms with Gasteiger partial charge in [-0.3, -0.25) is 10.2 Å². The Bertz CT molecular complexity index is 645. The molecule has 0 aliphatic rings. The van der Waals surface area contributed by atoms with Crippen LogP contribution in [-0.2, 0) is 4.79 Å². The van der Waals surface area contributed by atoms with Gasteiger partial charge in [0.25, 0.3) is 0 Å². The molecule has 0 saturated carbocycles. The summed E-state index contributed by atoms with van der Waals surface area (Å²) in [6, 6.07) is 3.45. The van der Waals surface area contributed by atoms with Crippen molar-refractivity contribution in [1.29, 1.82) is 10.8 Å². The number of nitrogens with one attached hydrogen (secondary N) is 4. The Balaban J connectivity index is 2.27. The molecule has 0 aliphatic heterocycles. The molecule has 0 aromatic carbocycles. The van der Waals surface area contributed by atoms with Gasteiger partial charge >= 0.3 is 0 Å². The van der Waals surface area contributed by atoms with Crippen LogP contribution in [0.5, 0.6) is 0 Å². The number of rotatable bonds is 5. The van der Waals surface area contributed by atoms with Gasteiger partial charge in [-0.2, -0.15) is 0 Å². The quantitative estimate of drug-likeness (QED) is 0.587. The monoisotopic (exact) mass is 258 g/mol. The Morgan fingerprint density at radius 1 is 1.47 bits per heavy atom. The number of aromatic nitrogens is 2. The second-order valence-electron chi connectivity index (χ2n) is 3.95. The van der Waals surface area contributed by atoms with Crippen LogP contribution in [0.25, 0.3) is 5.65 Å². The second-order valence-corrected chi connectivity index (χ2v) is 3.95. The van der Waals surface area contributed by atoms with Crippen molar-refractivity contribution in [2.24, 2.45) is 0 Å². The van der Waals surface area contributed by atoms with Gasteiger partial charge in [-0.05, 0) is 19.2 Å². The van der Waals surface area contributed by atoms with E-state index in [-0.39, 0.29) is 18.2 Å². The minimum atomic E-state index is -0.168. The smallest absolute Gasteiger partial charge is 0.239 e. The maximum absolute atomic E-state index is 11.4. The molecule has 7 nitrogen and oxygen atoms in total. The molecule has 0 aliphatic carbocycles. The van der Waals surface area contributed by atoms with E-state index in [1.807, 2.05) is 0 Å². The second kappa shape index (κ2) is 5.40. The lowest BCUT2D eigenvalue weighted by molar-refractivity contribution is -0.115. The van der Waals surface area contributed by atoms with Gasteiger partial charge in [-0.15, -0.1) is 0 Å². The SMILES string of the molecule is CNCC(=O)Nc1cn2cc(C(=N)C=N)ccc2n1.